The lowest BCUT2D eigenvalue weighted by atomic mass is 10.00. The summed E-state index contributed by atoms with van der Waals surface area (Å²) in [5.74, 6) is 3.48. The normalized spacial score (nSPS) is 30.9. The average Bonchev–Trinajstić information content (AvgIpc) is 2.88. The highest BCUT2D eigenvalue weighted by molar-refractivity contribution is 5.16. The van der Waals surface area contributed by atoms with Crippen LogP contribution in [-0.4, -0.2) is 30.2 Å². The molecule has 2 saturated carbocycles. The van der Waals surface area contributed by atoms with Crippen molar-refractivity contribution >= 4 is 0 Å². The highest BCUT2D eigenvalue weighted by Gasteiger charge is 2.55. The van der Waals surface area contributed by atoms with Crippen molar-refractivity contribution < 1.29 is 4.74 Å². The summed E-state index contributed by atoms with van der Waals surface area (Å²) in [5, 5.41) is 3.48. The van der Waals surface area contributed by atoms with E-state index in [1.165, 1.54) is 19.3 Å². The average molecular weight is 247 g/mol. The van der Waals surface area contributed by atoms with Crippen LogP contribution >= 0.6 is 0 Å². The third-order valence-electron chi connectivity index (χ3n) is 4.64. The smallest absolute Gasteiger partial charge is 0.216 e. The molecule has 1 aromatic heterocycles. The molecule has 1 heterocycles. The molecule has 0 amide bonds. The first-order valence-electron chi connectivity index (χ1n) is 6.85. The highest BCUT2D eigenvalue weighted by Crippen LogP contribution is 2.59. The molecule has 3 atom stereocenters. The molecule has 2 aliphatic carbocycles. The van der Waals surface area contributed by atoms with Crippen molar-refractivity contribution in [1.82, 2.24) is 15.3 Å². The minimum Gasteiger partial charge on any atom is -0.481 e. The van der Waals surface area contributed by atoms with Gasteiger partial charge in [0.25, 0.3) is 0 Å². The Morgan fingerprint density at radius 3 is 2.83 bits per heavy atom. The van der Waals surface area contributed by atoms with Gasteiger partial charge in [-0.05, 0) is 37.6 Å². The Labute approximate surface area is 108 Å². The van der Waals surface area contributed by atoms with Gasteiger partial charge < -0.3 is 10.1 Å². The van der Waals surface area contributed by atoms with Gasteiger partial charge in [-0.2, -0.15) is 0 Å². The number of nitrogens with zero attached hydrogens (tertiary/aromatic N) is 2. The van der Waals surface area contributed by atoms with Gasteiger partial charge in [-0.3, -0.25) is 0 Å². The lowest BCUT2D eigenvalue weighted by Gasteiger charge is -2.17. The van der Waals surface area contributed by atoms with E-state index < -0.39 is 0 Å². The third-order valence-corrected chi connectivity index (χ3v) is 4.64. The van der Waals surface area contributed by atoms with Crippen molar-refractivity contribution in [3.05, 3.63) is 18.1 Å². The lowest BCUT2D eigenvalue weighted by Crippen LogP contribution is -2.32. The zero-order chi connectivity index (χ0) is 12.5. The fourth-order valence-electron chi connectivity index (χ4n) is 3.73. The summed E-state index contributed by atoms with van der Waals surface area (Å²) in [6.07, 6.45) is 6.87. The van der Waals surface area contributed by atoms with Crippen molar-refractivity contribution in [1.29, 1.82) is 0 Å². The van der Waals surface area contributed by atoms with Crippen LogP contribution in [0.5, 0.6) is 5.88 Å². The van der Waals surface area contributed by atoms with E-state index >= 15 is 0 Å². The number of rotatable bonds is 5. The Hall–Kier alpha value is -1.16. The maximum absolute atomic E-state index is 5.15. The van der Waals surface area contributed by atoms with Crippen LogP contribution < -0.4 is 10.1 Å². The molecule has 0 radical (unpaired) electrons. The van der Waals surface area contributed by atoms with Crippen molar-refractivity contribution in [2.24, 2.45) is 17.8 Å². The van der Waals surface area contributed by atoms with Crippen LogP contribution in [0.2, 0.25) is 0 Å². The van der Waals surface area contributed by atoms with Gasteiger partial charge in [0, 0.05) is 24.2 Å². The van der Waals surface area contributed by atoms with Crippen LogP contribution in [0.3, 0.4) is 0 Å². The Bertz CT molecular complexity index is 413. The van der Waals surface area contributed by atoms with Gasteiger partial charge in [0.1, 0.15) is 6.33 Å². The number of hydrogen-bond acceptors (Lipinski definition) is 4. The molecule has 4 nitrogen and oxygen atoms in total. The molecule has 0 aromatic carbocycles. The van der Waals surface area contributed by atoms with E-state index in [4.69, 9.17) is 4.74 Å². The van der Waals surface area contributed by atoms with Crippen molar-refractivity contribution in [3.8, 4) is 5.88 Å². The van der Waals surface area contributed by atoms with Crippen LogP contribution in [-0.2, 0) is 6.42 Å². The number of fused-ring (bicyclic) bond motifs is 1. The van der Waals surface area contributed by atoms with E-state index in [-0.39, 0.29) is 0 Å². The molecule has 0 bridgehead atoms. The number of nitrogens with one attached hydrogen (secondary N) is 1. The molecular weight excluding hydrogens is 226 g/mol. The predicted molar refractivity (Wildman–Crippen MR) is 69.5 cm³/mol. The monoisotopic (exact) mass is 247 g/mol. The van der Waals surface area contributed by atoms with Gasteiger partial charge in [0.05, 0.1) is 7.11 Å². The molecular formula is C14H21N3O. The van der Waals surface area contributed by atoms with Gasteiger partial charge in [-0.15, -0.1) is 0 Å². The minimum absolute atomic E-state index is 0.555. The molecule has 4 heteroatoms. The lowest BCUT2D eigenvalue weighted by molar-refractivity contribution is 0.392. The van der Waals surface area contributed by atoms with E-state index in [0.717, 1.165) is 29.9 Å². The van der Waals surface area contributed by atoms with E-state index in [1.807, 2.05) is 6.07 Å². The third kappa shape index (κ3) is 2.09. The first-order valence-corrected chi connectivity index (χ1v) is 6.85. The van der Waals surface area contributed by atoms with Crippen molar-refractivity contribution in [2.45, 2.75) is 31.7 Å². The molecule has 0 spiro atoms. The van der Waals surface area contributed by atoms with Gasteiger partial charge in [0.15, 0.2) is 0 Å². The van der Waals surface area contributed by atoms with Gasteiger partial charge >= 0.3 is 0 Å². The number of aromatic nitrogens is 2. The van der Waals surface area contributed by atoms with Crippen LogP contribution in [0.1, 0.15) is 25.0 Å². The molecule has 2 fully saturated rings. The van der Waals surface area contributed by atoms with E-state index in [2.05, 4.69) is 22.3 Å². The number of methoxy groups -OCH3 is 1. The maximum atomic E-state index is 5.15. The summed E-state index contributed by atoms with van der Waals surface area (Å²) in [7, 11) is 3.71. The standard InChI is InChI=1S/C14H21N3O/c1-15-12(14-10-4-3-5-11(10)14)6-9-7-13(18-2)17-8-16-9/h7-8,10-12,14-15H,3-6H2,1-2H3. The zero-order valence-corrected chi connectivity index (χ0v) is 11.1. The number of hydrogen-bond donors (Lipinski definition) is 1. The number of likely N-dealkylation sites (N-methyl/N-ethyl adjacent to an activating group) is 1. The second kappa shape index (κ2) is 4.84. The Balaban J connectivity index is 1.66. The molecule has 3 unspecified atom stereocenters. The highest BCUT2D eigenvalue weighted by atomic mass is 16.5. The Morgan fingerprint density at radius 2 is 2.17 bits per heavy atom. The summed E-state index contributed by atoms with van der Waals surface area (Å²) < 4.78 is 5.15. The van der Waals surface area contributed by atoms with Crippen LogP contribution in [0.4, 0.5) is 0 Å². The first kappa shape index (κ1) is 11.9. The topological polar surface area (TPSA) is 47.0 Å². The molecule has 3 rings (SSSR count). The fourth-order valence-corrected chi connectivity index (χ4v) is 3.73. The second-order valence-electron chi connectivity index (χ2n) is 5.49. The summed E-state index contributed by atoms with van der Waals surface area (Å²) in [4.78, 5) is 8.40. The molecule has 0 saturated heterocycles. The molecule has 0 aliphatic heterocycles. The Morgan fingerprint density at radius 1 is 1.39 bits per heavy atom. The second-order valence-corrected chi connectivity index (χ2v) is 5.49. The molecule has 18 heavy (non-hydrogen) atoms. The predicted octanol–water partition coefficient (Wildman–Crippen LogP) is 1.66. The van der Waals surface area contributed by atoms with E-state index in [1.54, 1.807) is 13.4 Å². The van der Waals surface area contributed by atoms with E-state index in [0.29, 0.717) is 11.9 Å². The van der Waals surface area contributed by atoms with E-state index in [9.17, 15) is 0 Å². The molecule has 1 aromatic rings. The molecule has 2 aliphatic rings. The first-order chi connectivity index (χ1) is 8.83. The van der Waals surface area contributed by atoms with Gasteiger partial charge in [-0.25, -0.2) is 9.97 Å². The SMILES string of the molecule is CNC(Cc1cc(OC)ncn1)C1C2CCCC21. The van der Waals surface area contributed by atoms with Gasteiger partial charge in [0.2, 0.25) is 5.88 Å². The summed E-state index contributed by atoms with van der Waals surface area (Å²) in [6, 6.07) is 2.50. The minimum atomic E-state index is 0.555. The Kier molecular flexibility index (Phi) is 3.20. The van der Waals surface area contributed by atoms with Crippen molar-refractivity contribution in [2.75, 3.05) is 14.2 Å². The largest absolute Gasteiger partial charge is 0.481 e. The quantitative estimate of drug-likeness (QED) is 0.859. The van der Waals surface area contributed by atoms with Crippen LogP contribution in [0.15, 0.2) is 12.4 Å². The summed E-state index contributed by atoms with van der Waals surface area (Å²) in [5.41, 5.74) is 1.08. The zero-order valence-electron chi connectivity index (χ0n) is 11.1. The fraction of sp³-hybridized carbons (Fsp3) is 0.714. The molecule has 1 N–H and O–H groups in total. The van der Waals surface area contributed by atoms with Crippen molar-refractivity contribution in [3.63, 3.8) is 0 Å². The van der Waals surface area contributed by atoms with Crippen LogP contribution in [0, 0.1) is 17.8 Å². The molecule has 98 valence electrons. The summed E-state index contributed by atoms with van der Waals surface area (Å²) in [6.45, 7) is 0. The van der Waals surface area contributed by atoms with Gasteiger partial charge in [-0.1, -0.05) is 6.42 Å². The van der Waals surface area contributed by atoms with Crippen LogP contribution in [0.25, 0.3) is 0 Å². The number of ether oxygens (including phenoxy) is 1. The maximum Gasteiger partial charge on any atom is 0.216 e. The summed E-state index contributed by atoms with van der Waals surface area (Å²) >= 11 is 0.